The quantitative estimate of drug-likeness (QED) is 0.214. The lowest BCUT2D eigenvalue weighted by molar-refractivity contribution is 0.0917. The SMILES string of the molecule is O=C(NC1CCC(n2c(=O)c3cc(F)cnc3n(-c3cccc(-c4ccc(CN5CCCNCC5)cc4)c3)c2=O)CC1)c1cc(=O)c2ccccc2[nH]1. The second-order valence-corrected chi connectivity index (χ2v) is 14.0. The number of carbonyl (C=O) groups is 1. The van der Waals surface area contributed by atoms with E-state index in [9.17, 15) is 23.6 Å². The molecule has 12 heteroatoms. The number of aromatic amines is 1. The van der Waals surface area contributed by atoms with Gasteiger partial charge < -0.3 is 15.6 Å². The number of carbonyl (C=O) groups excluding carboxylic acids is 1. The molecule has 11 nitrogen and oxygen atoms in total. The summed E-state index contributed by atoms with van der Waals surface area (Å²) in [7, 11) is 0. The number of nitrogens with one attached hydrogen (secondary N) is 3. The molecule has 2 fully saturated rings. The van der Waals surface area contributed by atoms with Crippen molar-refractivity contribution in [1.82, 2.24) is 34.6 Å². The van der Waals surface area contributed by atoms with E-state index >= 15 is 0 Å². The monoisotopic (exact) mass is 713 g/mol. The molecule has 0 atom stereocenters. The fraction of sp³-hybridized carbons (Fsp3) is 0.293. The number of rotatable bonds is 7. The van der Waals surface area contributed by atoms with Crippen LogP contribution in [0, 0.1) is 5.82 Å². The number of hydrogen-bond donors (Lipinski definition) is 3. The van der Waals surface area contributed by atoms with Gasteiger partial charge in [0.1, 0.15) is 11.5 Å². The fourth-order valence-electron chi connectivity index (χ4n) is 7.74. The average Bonchev–Trinajstić information content (AvgIpc) is 3.45. The van der Waals surface area contributed by atoms with Crippen LogP contribution in [0.3, 0.4) is 0 Å². The maximum atomic E-state index is 14.6. The summed E-state index contributed by atoms with van der Waals surface area (Å²) in [5.74, 6) is -1.07. The average molecular weight is 714 g/mol. The first-order valence-electron chi connectivity index (χ1n) is 18.2. The third-order valence-electron chi connectivity index (χ3n) is 10.5. The molecule has 3 N–H and O–H groups in total. The zero-order chi connectivity index (χ0) is 36.5. The van der Waals surface area contributed by atoms with Crippen molar-refractivity contribution in [1.29, 1.82) is 0 Å². The predicted octanol–water partition coefficient (Wildman–Crippen LogP) is 4.90. The van der Waals surface area contributed by atoms with Crippen LogP contribution >= 0.6 is 0 Å². The Hall–Kier alpha value is -5.72. The van der Waals surface area contributed by atoms with Gasteiger partial charge in [0.05, 0.1) is 17.3 Å². The number of fused-ring (bicyclic) bond motifs is 2. The van der Waals surface area contributed by atoms with Crippen LogP contribution in [0.15, 0.2) is 106 Å². The first-order chi connectivity index (χ1) is 25.8. The van der Waals surface area contributed by atoms with Gasteiger partial charge in [-0.3, -0.25) is 23.9 Å². The van der Waals surface area contributed by atoms with Gasteiger partial charge in [-0.15, -0.1) is 0 Å². The smallest absolute Gasteiger partial charge is 0.337 e. The van der Waals surface area contributed by atoms with E-state index in [4.69, 9.17) is 0 Å². The number of halogens is 1. The first kappa shape index (κ1) is 34.4. The van der Waals surface area contributed by atoms with Crippen molar-refractivity contribution in [3.05, 3.63) is 139 Å². The molecule has 8 rings (SSSR count). The van der Waals surface area contributed by atoms with Crippen LogP contribution in [0.2, 0.25) is 0 Å². The second kappa shape index (κ2) is 14.7. The number of amides is 1. The molecular formula is C41H40FN7O4. The highest BCUT2D eigenvalue weighted by Crippen LogP contribution is 2.29. The van der Waals surface area contributed by atoms with Crippen molar-refractivity contribution >= 4 is 27.8 Å². The van der Waals surface area contributed by atoms with Gasteiger partial charge >= 0.3 is 5.69 Å². The van der Waals surface area contributed by atoms with Gasteiger partial charge in [-0.05, 0) is 92.2 Å². The summed E-state index contributed by atoms with van der Waals surface area (Å²) in [5.41, 5.74) is 3.04. The molecule has 2 aliphatic rings. The van der Waals surface area contributed by atoms with Crippen LogP contribution in [0.5, 0.6) is 0 Å². The molecule has 53 heavy (non-hydrogen) atoms. The zero-order valence-electron chi connectivity index (χ0n) is 29.2. The third kappa shape index (κ3) is 7.07. The topological polar surface area (TPSA) is 134 Å². The summed E-state index contributed by atoms with van der Waals surface area (Å²) in [4.78, 5) is 63.7. The van der Waals surface area contributed by atoms with Crippen molar-refractivity contribution < 1.29 is 9.18 Å². The van der Waals surface area contributed by atoms with E-state index in [0.29, 0.717) is 42.3 Å². The van der Waals surface area contributed by atoms with Gasteiger partial charge in [-0.2, -0.15) is 0 Å². The molecule has 1 amide bonds. The molecule has 3 aromatic heterocycles. The van der Waals surface area contributed by atoms with Gasteiger partial charge in [0.25, 0.3) is 11.5 Å². The number of para-hydroxylation sites is 1. The summed E-state index contributed by atoms with van der Waals surface area (Å²) in [6, 6.07) is 24.7. The minimum absolute atomic E-state index is 0.0127. The Bertz CT molecular complexity index is 2490. The Morgan fingerprint density at radius 2 is 1.66 bits per heavy atom. The van der Waals surface area contributed by atoms with Crippen LogP contribution < -0.4 is 27.3 Å². The van der Waals surface area contributed by atoms with Crippen LogP contribution in [0.25, 0.3) is 38.8 Å². The van der Waals surface area contributed by atoms with Crippen LogP contribution in [-0.4, -0.2) is 62.1 Å². The standard InChI is InChI=1S/C41H40FN7O4/c42-29-22-34-38(44-24-29)48(32-6-3-5-28(21-32)27-11-9-26(10-12-27)25-47-19-4-17-43-18-20-47)41(53)49(40(34)52)31-15-13-30(14-16-31)45-39(51)36-23-37(50)33-7-1-2-8-35(33)46-36/h1-3,5-12,21-24,30-31,43H,4,13-20,25H2,(H,45,51)(H,46,50). The third-order valence-corrected chi connectivity index (χ3v) is 10.5. The van der Waals surface area contributed by atoms with E-state index in [2.05, 4.69) is 49.8 Å². The van der Waals surface area contributed by atoms with Crippen LogP contribution in [0.1, 0.15) is 54.2 Å². The van der Waals surface area contributed by atoms with E-state index in [-0.39, 0.29) is 28.2 Å². The number of nitrogens with zero attached hydrogens (tertiary/aromatic N) is 4. The van der Waals surface area contributed by atoms with Crippen molar-refractivity contribution in [3.63, 3.8) is 0 Å². The summed E-state index contributed by atoms with van der Waals surface area (Å²) < 4.78 is 17.2. The van der Waals surface area contributed by atoms with E-state index in [1.807, 2.05) is 18.2 Å². The Labute approximate surface area is 304 Å². The maximum Gasteiger partial charge on any atom is 0.337 e. The molecular weight excluding hydrogens is 673 g/mol. The number of H-pyrrole nitrogens is 1. The summed E-state index contributed by atoms with van der Waals surface area (Å²) in [6.07, 6.45) is 4.01. The summed E-state index contributed by atoms with van der Waals surface area (Å²) in [6.45, 7) is 4.99. The fourth-order valence-corrected chi connectivity index (χ4v) is 7.74. The molecule has 1 saturated heterocycles. The van der Waals surface area contributed by atoms with Gasteiger partial charge in [-0.1, -0.05) is 48.5 Å². The largest absolute Gasteiger partial charge is 0.350 e. The van der Waals surface area contributed by atoms with Crippen LogP contribution in [0.4, 0.5) is 4.39 Å². The highest BCUT2D eigenvalue weighted by molar-refractivity contribution is 5.95. The Kier molecular flexibility index (Phi) is 9.55. The minimum Gasteiger partial charge on any atom is -0.350 e. The van der Waals surface area contributed by atoms with Crippen molar-refractivity contribution in [3.8, 4) is 16.8 Å². The highest BCUT2D eigenvalue weighted by Gasteiger charge is 2.28. The van der Waals surface area contributed by atoms with E-state index < -0.39 is 29.0 Å². The van der Waals surface area contributed by atoms with Gasteiger partial charge in [-0.25, -0.2) is 18.7 Å². The lowest BCUT2D eigenvalue weighted by atomic mass is 9.90. The lowest BCUT2D eigenvalue weighted by Crippen LogP contribution is -2.45. The molecule has 1 aliphatic heterocycles. The lowest BCUT2D eigenvalue weighted by Gasteiger charge is -2.30. The molecule has 4 heterocycles. The van der Waals surface area contributed by atoms with Gasteiger partial charge in [0.2, 0.25) is 0 Å². The molecule has 6 aromatic rings. The molecule has 0 spiro atoms. The molecule has 3 aromatic carbocycles. The van der Waals surface area contributed by atoms with Gasteiger partial charge in [0.15, 0.2) is 11.1 Å². The Balaban J connectivity index is 1.05. The maximum absolute atomic E-state index is 14.6. The number of hydrogen-bond acceptors (Lipinski definition) is 7. The highest BCUT2D eigenvalue weighted by atomic mass is 19.1. The van der Waals surface area contributed by atoms with Crippen molar-refractivity contribution in [2.24, 2.45) is 0 Å². The zero-order valence-corrected chi connectivity index (χ0v) is 29.2. The Morgan fingerprint density at radius 1 is 0.849 bits per heavy atom. The predicted molar refractivity (Wildman–Crippen MR) is 203 cm³/mol. The van der Waals surface area contributed by atoms with E-state index in [1.54, 1.807) is 30.3 Å². The first-order valence-corrected chi connectivity index (χ1v) is 18.2. The molecule has 270 valence electrons. The molecule has 0 radical (unpaired) electrons. The number of benzene rings is 3. The number of aromatic nitrogens is 4. The molecule has 1 saturated carbocycles. The van der Waals surface area contributed by atoms with Crippen LogP contribution in [-0.2, 0) is 6.54 Å². The van der Waals surface area contributed by atoms with E-state index in [0.717, 1.165) is 62.5 Å². The number of pyridine rings is 2. The minimum atomic E-state index is -0.671. The summed E-state index contributed by atoms with van der Waals surface area (Å²) in [5, 5.41) is 6.97. The molecule has 0 unspecified atom stereocenters. The van der Waals surface area contributed by atoms with Crippen molar-refractivity contribution in [2.45, 2.75) is 50.7 Å². The molecule has 0 bridgehead atoms. The normalized spacial score (nSPS) is 18.2. The van der Waals surface area contributed by atoms with Gasteiger partial charge in [0, 0.05) is 48.7 Å². The van der Waals surface area contributed by atoms with E-state index in [1.165, 1.54) is 20.8 Å². The van der Waals surface area contributed by atoms with Crippen molar-refractivity contribution in [2.75, 3.05) is 26.2 Å². The summed E-state index contributed by atoms with van der Waals surface area (Å²) >= 11 is 0. The molecule has 1 aliphatic carbocycles. The second-order valence-electron chi connectivity index (χ2n) is 14.0. The Morgan fingerprint density at radius 3 is 2.49 bits per heavy atom.